The van der Waals surface area contributed by atoms with Crippen LogP contribution in [0.4, 0.5) is 4.39 Å². The minimum absolute atomic E-state index is 0.0120. The van der Waals surface area contributed by atoms with E-state index in [2.05, 4.69) is 31.1 Å². The first-order valence-electron chi connectivity index (χ1n) is 6.15. The van der Waals surface area contributed by atoms with Crippen molar-refractivity contribution in [3.8, 4) is 0 Å². The van der Waals surface area contributed by atoms with E-state index in [9.17, 15) is 4.39 Å². The largest absolute Gasteiger partial charge is 0.404 e. The van der Waals surface area contributed by atoms with Gasteiger partial charge in [-0.2, -0.15) is 0 Å². The molecule has 3 unspecified atom stereocenters. The highest BCUT2D eigenvalue weighted by atomic mass is 19.1. The number of halogens is 1. The van der Waals surface area contributed by atoms with Gasteiger partial charge in [-0.3, -0.25) is 4.99 Å². The van der Waals surface area contributed by atoms with E-state index in [0.717, 1.165) is 11.8 Å². The lowest BCUT2D eigenvalue weighted by molar-refractivity contribution is 0.417. The smallest absolute Gasteiger partial charge is 0.180 e. The van der Waals surface area contributed by atoms with E-state index in [1.807, 2.05) is 6.92 Å². The van der Waals surface area contributed by atoms with Crippen LogP contribution in [0, 0.1) is 17.3 Å². The van der Waals surface area contributed by atoms with E-state index >= 15 is 0 Å². The summed E-state index contributed by atoms with van der Waals surface area (Å²) in [6.07, 6.45) is 2.74. The number of nitrogens with two attached hydrogens (primary N) is 2. The lowest BCUT2D eigenvalue weighted by Crippen LogP contribution is -2.47. The average Bonchev–Trinajstić information content (AvgIpc) is 2.76. The van der Waals surface area contributed by atoms with Gasteiger partial charge in [-0.25, -0.2) is 4.39 Å². The molecule has 5 heteroatoms. The lowest BCUT2D eigenvalue weighted by atomic mass is 9.93. The molecule has 1 aliphatic carbocycles. The predicted octanol–water partition coefficient (Wildman–Crippen LogP) is 1.61. The molecule has 0 aromatic heterocycles. The van der Waals surface area contributed by atoms with Crippen molar-refractivity contribution in [1.82, 2.24) is 5.32 Å². The van der Waals surface area contributed by atoms with Gasteiger partial charge in [-0.15, -0.1) is 0 Å². The second-order valence-corrected chi connectivity index (χ2v) is 5.93. The normalized spacial score (nSPS) is 38.6. The zero-order valence-electron chi connectivity index (χ0n) is 11.3. The van der Waals surface area contributed by atoms with Gasteiger partial charge < -0.3 is 16.8 Å². The number of aliphatic imine (C=N–C) groups is 1. The summed E-state index contributed by atoms with van der Waals surface area (Å²) < 4.78 is 13.2. The Morgan fingerprint density at radius 3 is 2.44 bits per heavy atom. The van der Waals surface area contributed by atoms with Crippen molar-refractivity contribution in [2.24, 2.45) is 33.7 Å². The Labute approximate surface area is 107 Å². The Morgan fingerprint density at radius 2 is 2.06 bits per heavy atom. The van der Waals surface area contributed by atoms with Crippen LogP contribution in [0.3, 0.4) is 0 Å². The summed E-state index contributed by atoms with van der Waals surface area (Å²) in [4.78, 5) is 4.23. The highest BCUT2D eigenvalue weighted by Crippen LogP contribution is 2.63. The molecule has 1 fully saturated rings. The molecule has 5 N–H and O–H groups in total. The fourth-order valence-electron chi connectivity index (χ4n) is 2.89. The highest BCUT2D eigenvalue weighted by molar-refractivity contribution is 5.78. The third kappa shape index (κ3) is 1.69. The Kier molecular flexibility index (Phi) is 2.68. The predicted molar refractivity (Wildman–Crippen MR) is 71.1 cm³/mol. The Hall–Kier alpha value is -1.52. The van der Waals surface area contributed by atoms with E-state index in [-0.39, 0.29) is 11.2 Å². The number of hydrogen-bond donors (Lipinski definition) is 3. The van der Waals surface area contributed by atoms with Crippen molar-refractivity contribution in [1.29, 1.82) is 0 Å². The molecule has 0 aromatic rings. The number of nitrogens with one attached hydrogen (secondary N) is 1. The number of hydrogen-bond acceptors (Lipinski definition) is 4. The molecule has 1 aliphatic heterocycles. The third-order valence-electron chi connectivity index (χ3n) is 4.51. The summed E-state index contributed by atoms with van der Waals surface area (Å²) in [5.41, 5.74) is 11.8. The van der Waals surface area contributed by atoms with Crippen LogP contribution in [0.15, 0.2) is 28.4 Å². The first-order valence-corrected chi connectivity index (χ1v) is 6.15. The molecular weight excluding hydrogens is 231 g/mol. The standard InChI is InChI=1S/C13H21FN4/c1-7-10(12(7,2)3)8(5-15)13(4)17-6-9(14)11(16)18-13/h5-7,10,18H,15-16H2,1-4H3/b8-5+. The second-order valence-electron chi connectivity index (χ2n) is 5.93. The molecule has 0 spiro atoms. The van der Waals surface area contributed by atoms with Crippen LogP contribution in [0.5, 0.6) is 0 Å². The molecular formula is C13H21FN4. The summed E-state index contributed by atoms with van der Waals surface area (Å²) in [6, 6.07) is 0. The molecule has 3 atom stereocenters. The average molecular weight is 252 g/mol. The molecule has 0 bridgehead atoms. The molecule has 0 amide bonds. The molecule has 1 saturated carbocycles. The fraction of sp³-hybridized carbons (Fsp3) is 0.615. The zero-order valence-corrected chi connectivity index (χ0v) is 11.3. The van der Waals surface area contributed by atoms with Crippen molar-refractivity contribution in [2.75, 3.05) is 0 Å². The van der Waals surface area contributed by atoms with E-state index in [4.69, 9.17) is 11.5 Å². The SMILES string of the molecule is CC1C(/C(=C\N)C2(C)N=CC(F)=C(N)N2)C1(C)C. The molecule has 4 nitrogen and oxygen atoms in total. The lowest BCUT2D eigenvalue weighted by Gasteiger charge is -2.33. The highest BCUT2D eigenvalue weighted by Gasteiger charge is 2.59. The van der Waals surface area contributed by atoms with Crippen LogP contribution in [-0.2, 0) is 0 Å². The van der Waals surface area contributed by atoms with E-state index < -0.39 is 11.5 Å². The third-order valence-corrected chi connectivity index (χ3v) is 4.51. The van der Waals surface area contributed by atoms with Gasteiger partial charge in [0.05, 0.1) is 6.21 Å². The number of nitrogens with zero attached hydrogens (tertiary/aromatic N) is 1. The first-order chi connectivity index (χ1) is 8.24. The summed E-state index contributed by atoms with van der Waals surface area (Å²) in [5.74, 6) is 0.342. The molecule has 100 valence electrons. The van der Waals surface area contributed by atoms with Crippen LogP contribution in [0.2, 0.25) is 0 Å². The van der Waals surface area contributed by atoms with E-state index in [0.29, 0.717) is 11.8 Å². The van der Waals surface area contributed by atoms with Crippen LogP contribution in [0.25, 0.3) is 0 Å². The van der Waals surface area contributed by atoms with Crippen molar-refractivity contribution >= 4 is 6.21 Å². The zero-order chi connectivity index (χ0) is 13.7. The monoisotopic (exact) mass is 252 g/mol. The summed E-state index contributed by atoms with van der Waals surface area (Å²) >= 11 is 0. The van der Waals surface area contributed by atoms with E-state index in [1.54, 1.807) is 6.20 Å². The van der Waals surface area contributed by atoms with E-state index in [1.165, 1.54) is 0 Å². The maximum Gasteiger partial charge on any atom is 0.180 e. The minimum Gasteiger partial charge on any atom is -0.404 e. The van der Waals surface area contributed by atoms with Crippen molar-refractivity contribution in [3.05, 3.63) is 23.4 Å². The van der Waals surface area contributed by atoms with Gasteiger partial charge in [0.1, 0.15) is 5.82 Å². The van der Waals surface area contributed by atoms with Gasteiger partial charge >= 0.3 is 0 Å². The quantitative estimate of drug-likeness (QED) is 0.698. The fourth-order valence-corrected chi connectivity index (χ4v) is 2.89. The maximum absolute atomic E-state index is 13.2. The topological polar surface area (TPSA) is 76.4 Å². The van der Waals surface area contributed by atoms with Crippen molar-refractivity contribution in [3.63, 3.8) is 0 Å². The molecule has 0 saturated heterocycles. The van der Waals surface area contributed by atoms with Gasteiger partial charge in [-0.05, 0) is 35.9 Å². The number of allylic oxidation sites excluding steroid dienone is 1. The van der Waals surface area contributed by atoms with Gasteiger partial charge in [-0.1, -0.05) is 20.8 Å². The Morgan fingerprint density at radius 1 is 1.50 bits per heavy atom. The van der Waals surface area contributed by atoms with Crippen LogP contribution in [0.1, 0.15) is 27.7 Å². The number of rotatable bonds is 2. The van der Waals surface area contributed by atoms with Crippen molar-refractivity contribution < 1.29 is 4.39 Å². The second kappa shape index (κ2) is 3.73. The molecule has 0 radical (unpaired) electrons. The summed E-state index contributed by atoms with van der Waals surface area (Å²) in [6.45, 7) is 8.44. The Balaban J connectivity index is 2.30. The van der Waals surface area contributed by atoms with Gasteiger partial charge in [0.2, 0.25) is 0 Å². The molecule has 18 heavy (non-hydrogen) atoms. The molecule has 0 aromatic carbocycles. The first kappa shape index (κ1) is 12.9. The van der Waals surface area contributed by atoms with Crippen LogP contribution < -0.4 is 16.8 Å². The summed E-state index contributed by atoms with van der Waals surface area (Å²) in [7, 11) is 0. The van der Waals surface area contributed by atoms with Crippen LogP contribution in [-0.4, -0.2) is 11.9 Å². The molecule has 2 aliphatic rings. The maximum atomic E-state index is 13.2. The Bertz CT molecular complexity index is 464. The molecule has 1 heterocycles. The van der Waals surface area contributed by atoms with Crippen molar-refractivity contribution in [2.45, 2.75) is 33.4 Å². The molecule has 2 rings (SSSR count). The van der Waals surface area contributed by atoms with Gasteiger partial charge in [0, 0.05) is 0 Å². The van der Waals surface area contributed by atoms with Gasteiger partial charge in [0.15, 0.2) is 11.5 Å². The van der Waals surface area contributed by atoms with Gasteiger partial charge in [0.25, 0.3) is 0 Å². The summed E-state index contributed by atoms with van der Waals surface area (Å²) in [5, 5.41) is 2.91. The minimum atomic E-state index is -0.749. The van der Waals surface area contributed by atoms with Crippen LogP contribution >= 0.6 is 0 Å².